The van der Waals surface area contributed by atoms with Crippen LogP contribution in [0.3, 0.4) is 0 Å². The van der Waals surface area contributed by atoms with Crippen LogP contribution in [0.15, 0.2) is 48.5 Å². The summed E-state index contributed by atoms with van der Waals surface area (Å²) >= 11 is 0. The molecule has 1 aliphatic rings. The Labute approximate surface area is 156 Å². The van der Waals surface area contributed by atoms with E-state index >= 15 is 0 Å². The van der Waals surface area contributed by atoms with Crippen LogP contribution in [0.4, 0.5) is 4.79 Å². The van der Waals surface area contributed by atoms with E-state index in [1.54, 1.807) is 0 Å². The monoisotopic (exact) mass is 351 g/mol. The topological polar surface area (TPSA) is 38.3 Å². The number of carbonyl (C=O) groups is 1. The smallest absolute Gasteiger partial charge is 0.407 e. The van der Waals surface area contributed by atoms with Crippen molar-refractivity contribution in [2.45, 2.75) is 52.0 Å². The number of nitrogens with one attached hydrogen (secondary N) is 1. The second kappa shape index (κ2) is 8.39. The number of amides is 1. The van der Waals surface area contributed by atoms with Crippen molar-refractivity contribution < 1.29 is 9.53 Å². The summed E-state index contributed by atoms with van der Waals surface area (Å²) in [5, 5.41) is 2.99. The summed E-state index contributed by atoms with van der Waals surface area (Å²) in [4.78, 5) is 12.3. The molecule has 0 saturated carbocycles. The van der Waals surface area contributed by atoms with E-state index in [1.807, 2.05) is 0 Å². The molecule has 3 rings (SSSR count). The summed E-state index contributed by atoms with van der Waals surface area (Å²) in [6.45, 7) is 6.83. The molecule has 0 fully saturated rings. The van der Waals surface area contributed by atoms with Gasteiger partial charge in [-0.3, -0.25) is 0 Å². The predicted molar refractivity (Wildman–Crippen MR) is 106 cm³/mol. The van der Waals surface area contributed by atoms with E-state index in [4.69, 9.17) is 4.74 Å². The van der Waals surface area contributed by atoms with Crippen molar-refractivity contribution in [3.05, 3.63) is 59.7 Å². The molecule has 3 nitrogen and oxygen atoms in total. The second-order valence-corrected chi connectivity index (χ2v) is 7.29. The van der Waals surface area contributed by atoms with Gasteiger partial charge in [-0.15, -0.1) is 0 Å². The lowest BCUT2D eigenvalue weighted by atomic mass is 9.96. The van der Waals surface area contributed by atoms with Crippen LogP contribution in [-0.4, -0.2) is 18.7 Å². The highest BCUT2D eigenvalue weighted by Gasteiger charge is 2.29. The minimum Gasteiger partial charge on any atom is -0.449 e. The van der Waals surface area contributed by atoms with Crippen molar-refractivity contribution in [1.29, 1.82) is 0 Å². The minimum absolute atomic E-state index is 0.113. The van der Waals surface area contributed by atoms with Crippen LogP contribution in [0, 0.1) is 5.92 Å². The van der Waals surface area contributed by atoms with Crippen LogP contribution < -0.4 is 5.32 Å². The summed E-state index contributed by atoms with van der Waals surface area (Å²) < 4.78 is 5.61. The summed E-state index contributed by atoms with van der Waals surface area (Å²) in [5.41, 5.74) is 4.98. The van der Waals surface area contributed by atoms with Crippen molar-refractivity contribution in [3.63, 3.8) is 0 Å². The van der Waals surface area contributed by atoms with E-state index < -0.39 is 0 Å². The Kier molecular flexibility index (Phi) is 5.97. The maximum Gasteiger partial charge on any atom is 0.407 e. The number of alkyl carbamates (subject to hydrolysis) is 1. The summed E-state index contributed by atoms with van der Waals surface area (Å²) in [7, 11) is 0. The third kappa shape index (κ3) is 3.92. The first-order valence-electron chi connectivity index (χ1n) is 9.75. The first-order chi connectivity index (χ1) is 12.6. The normalized spacial score (nSPS) is 14.0. The second-order valence-electron chi connectivity index (χ2n) is 7.29. The highest BCUT2D eigenvalue weighted by Crippen LogP contribution is 2.44. The molecule has 2 aromatic rings. The molecule has 0 bridgehead atoms. The van der Waals surface area contributed by atoms with Crippen molar-refractivity contribution >= 4 is 6.09 Å². The van der Waals surface area contributed by atoms with Crippen LogP contribution >= 0.6 is 0 Å². The van der Waals surface area contributed by atoms with E-state index in [0.29, 0.717) is 12.5 Å². The van der Waals surface area contributed by atoms with Crippen LogP contribution in [0.25, 0.3) is 11.1 Å². The summed E-state index contributed by atoms with van der Waals surface area (Å²) in [5.74, 6) is 0.765. The molecular formula is C23H29NO2. The summed E-state index contributed by atoms with van der Waals surface area (Å²) in [6.07, 6.45) is 2.97. The highest BCUT2D eigenvalue weighted by atomic mass is 16.5. The molecule has 1 aliphatic carbocycles. The Morgan fingerprint density at radius 1 is 1.00 bits per heavy atom. The molecule has 2 aromatic carbocycles. The number of benzene rings is 2. The molecule has 0 radical (unpaired) electrons. The van der Waals surface area contributed by atoms with Gasteiger partial charge in [0.15, 0.2) is 0 Å². The molecule has 0 spiro atoms. The Hall–Kier alpha value is -2.29. The average Bonchev–Trinajstić information content (AvgIpc) is 2.98. The van der Waals surface area contributed by atoms with Gasteiger partial charge in [-0.1, -0.05) is 75.2 Å². The van der Waals surface area contributed by atoms with E-state index in [-0.39, 0.29) is 18.1 Å². The van der Waals surface area contributed by atoms with Gasteiger partial charge < -0.3 is 10.1 Å². The molecule has 1 unspecified atom stereocenters. The number of hydrogen-bond acceptors (Lipinski definition) is 2. The Balaban J connectivity index is 1.62. The number of hydrogen-bond donors (Lipinski definition) is 1. The number of ether oxygens (including phenoxy) is 1. The third-order valence-corrected chi connectivity index (χ3v) is 5.55. The zero-order valence-corrected chi connectivity index (χ0v) is 16.0. The molecule has 1 amide bonds. The van der Waals surface area contributed by atoms with Gasteiger partial charge in [-0.2, -0.15) is 0 Å². The zero-order valence-electron chi connectivity index (χ0n) is 16.0. The van der Waals surface area contributed by atoms with E-state index in [1.165, 1.54) is 22.3 Å². The fourth-order valence-corrected chi connectivity index (χ4v) is 4.02. The third-order valence-electron chi connectivity index (χ3n) is 5.55. The lowest BCUT2D eigenvalue weighted by Gasteiger charge is -2.20. The van der Waals surface area contributed by atoms with Crippen LogP contribution in [0.2, 0.25) is 0 Å². The van der Waals surface area contributed by atoms with Gasteiger partial charge in [0.2, 0.25) is 0 Å². The van der Waals surface area contributed by atoms with Crippen molar-refractivity contribution in [2.75, 3.05) is 6.61 Å². The van der Waals surface area contributed by atoms with Gasteiger partial charge in [-0.25, -0.2) is 4.79 Å². The molecule has 0 heterocycles. The molecule has 1 atom stereocenters. The summed E-state index contributed by atoms with van der Waals surface area (Å²) in [6, 6.07) is 16.9. The van der Waals surface area contributed by atoms with Gasteiger partial charge >= 0.3 is 6.09 Å². The van der Waals surface area contributed by atoms with Gasteiger partial charge in [0.1, 0.15) is 6.61 Å². The minimum atomic E-state index is -0.315. The van der Waals surface area contributed by atoms with E-state index in [2.05, 4.69) is 74.6 Å². The maximum atomic E-state index is 12.3. The van der Waals surface area contributed by atoms with E-state index in [9.17, 15) is 4.79 Å². The molecule has 138 valence electrons. The van der Waals surface area contributed by atoms with Gasteiger partial charge in [0, 0.05) is 12.0 Å². The fraction of sp³-hybridized carbons (Fsp3) is 0.435. The van der Waals surface area contributed by atoms with Gasteiger partial charge in [-0.05, 0) is 41.5 Å². The lowest BCUT2D eigenvalue weighted by molar-refractivity contribution is 0.138. The van der Waals surface area contributed by atoms with Crippen molar-refractivity contribution in [1.82, 2.24) is 5.32 Å². The van der Waals surface area contributed by atoms with E-state index in [0.717, 1.165) is 19.3 Å². The molecule has 0 saturated heterocycles. The van der Waals surface area contributed by atoms with Crippen molar-refractivity contribution in [2.24, 2.45) is 5.92 Å². The maximum absolute atomic E-state index is 12.3. The fourth-order valence-electron chi connectivity index (χ4n) is 4.02. The number of fused-ring (bicyclic) bond motifs is 3. The number of carbonyl (C=O) groups excluding carboxylic acids is 1. The van der Waals surface area contributed by atoms with Crippen LogP contribution in [-0.2, 0) is 4.74 Å². The quantitative estimate of drug-likeness (QED) is 0.691. The Morgan fingerprint density at radius 3 is 2.08 bits per heavy atom. The average molecular weight is 351 g/mol. The Morgan fingerprint density at radius 2 is 1.54 bits per heavy atom. The molecule has 0 aromatic heterocycles. The molecule has 26 heavy (non-hydrogen) atoms. The zero-order chi connectivity index (χ0) is 18.5. The lowest BCUT2D eigenvalue weighted by Crippen LogP contribution is -2.35. The predicted octanol–water partition coefficient (Wildman–Crippen LogP) is 5.74. The van der Waals surface area contributed by atoms with Crippen LogP contribution in [0.5, 0.6) is 0 Å². The molecule has 0 aliphatic heterocycles. The molecule has 3 heteroatoms. The number of rotatable bonds is 7. The molecular weight excluding hydrogens is 322 g/mol. The first kappa shape index (κ1) is 18.5. The first-order valence-corrected chi connectivity index (χ1v) is 9.75. The Bertz CT molecular complexity index is 706. The largest absolute Gasteiger partial charge is 0.449 e. The van der Waals surface area contributed by atoms with Crippen LogP contribution in [0.1, 0.15) is 57.1 Å². The van der Waals surface area contributed by atoms with Crippen molar-refractivity contribution in [3.8, 4) is 11.1 Å². The SMILES string of the molecule is CCC(CC)CC(C)NC(=O)OCC1c2ccccc2-c2ccccc21. The standard InChI is InChI=1S/C23H29NO2/c1-4-17(5-2)14-16(3)24-23(25)26-15-22-20-12-8-6-10-18(20)19-11-7-9-13-21(19)22/h6-13,16-17,22H,4-5,14-15H2,1-3H3,(H,24,25). The van der Waals surface area contributed by atoms with Gasteiger partial charge in [0.05, 0.1) is 0 Å². The molecule has 1 N–H and O–H groups in total. The van der Waals surface area contributed by atoms with Gasteiger partial charge in [0.25, 0.3) is 0 Å². The highest BCUT2D eigenvalue weighted by molar-refractivity contribution is 5.79.